The lowest BCUT2D eigenvalue weighted by Crippen LogP contribution is -2.48. The molecule has 1 aromatic heterocycles. The quantitative estimate of drug-likeness (QED) is 0.202. The van der Waals surface area contributed by atoms with Crippen LogP contribution >= 0.6 is 0 Å². The van der Waals surface area contributed by atoms with Gasteiger partial charge in [-0.2, -0.15) is 4.57 Å². The Balaban J connectivity index is 1.69. The minimum atomic E-state index is -0.717. The van der Waals surface area contributed by atoms with E-state index in [1.807, 2.05) is 66.3 Å². The molecule has 2 aromatic carbocycles. The van der Waals surface area contributed by atoms with E-state index in [-0.39, 0.29) is 5.78 Å². The van der Waals surface area contributed by atoms with E-state index in [2.05, 4.69) is 4.99 Å². The molecule has 0 spiro atoms. The molecule has 0 fully saturated rings. The molecule has 0 bridgehead atoms. The Morgan fingerprint density at radius 2 is 1.83 bits per heavy atom. The molecule has 0 saturated carbocycles. The summed E-state index contributed by atoms with van der Waals surface area (Å²) in [5.74, 6) is 1.09. The largest absolute Gasteiger partial charge is 0.758 e. The van der Waals surface area contributed by atoms with Crippen molar-refractivity contribution in [3.8, 4) is 11.5 Å². The normalized spacial score (nSPS) is 14.2. The van der Waals surface area contributed by atoms with Gasteiger partial charge in [-0.25, -0.2) is 0 Å². The highest BCUT2D eigenvalue weighted by Crippen LogP contribution is 2.31. The summed E-state index contributed by atoms with van der Waals surface area (Å²) in [6.45, 7) is 3.37. The maximum absolute atomic E-state index is 13.5. The van der Waals surface area contributed by atoms with Gasteiger partial charge in [-0.3, -0.25) is 4.79 Å². The molecule has 1 aliphatic rings. The lowest BCUT2D eigenvalue weighted by Gasteiger charge is -2.21. The number of hydrogen-bond donors (Lipinski definition) is 0. The number of aromatic nitrogens is 1. The highest BCUT2D eigenvalue weighted by Gasteiger charge is 2.29. The average molecular weight is 419 g/mol. The van der Waals surface area contributed by atoms with E-state index in [4.69, 9.17) is 22.1 Å². The van der Waals surface area contributed by atoms with Gasteiger partial charge in [0, 0.05) is 17.2 Å². The number of fused-ring (bicyclic) bond motifs is 1. The third-order valence-corrected chi connectivity index (χ3v) is 5.19. The lowest BCUT2D eigenvalue weighted by molar-refractivity contribution is -0.692. The summed E-state index contributed by atoms with van der Waals surface area (Å²) in [6, 6.07) is 18.3. The second-order valence-electron chi connectivity index (χ2n) is 7.09. The van der Waals surface area contributed by atoms with Crippen molar-refractivity contribution in [2.75, 3.05) is 13.2 Å². The van der Waals surface area contributed by atoms with E-state index >= 15 is 0 Å². The monoisotopic (exact) mass is 418 g/mol. The van der Waals surface area contributed by atoms with Crippen LogP contribution in [0.2, 0.25) is 0 Å². The number of nitrogens with zero attached hydrogens (tertiary/aromatic N) is 2. The first-order chi connectivity index (χ1) is 14.6. The standard InChI is InChI=1S/C24H22N2O3S/c1-17-6-5-11-26(16-17)22(24(30)25-15-18-7-3-2-4-8-18)23(27)19-9-10-20-21(14-19)29-13-12-28-20/h2-11,14,16,22H,12-13,15H2,1H3/t22-/m0/s1. The Bertz CT molecular complexity index is 1080. The van der Waals surface area contributed by atoms with Crippen molar-refractivity contribution in [1.82, 2.24) is 0 Å². The number of aryl methyl sites for hydroxylation is 1. The third kappa shape index (κ3) is 4.49. The van der Waals surface area contributed by atoms with Gasteiger partial charge in [-0.1, -0.05) is 30.3 Å². The molecule has 2 heterocycles. The summed E-state index contributed by atoms with van der Waals surface area (Å²) in [4.78, 5) is 18.1. The molecule has 0 N–H and O–H groups in total. The number of ether oxygens (including phenoxy) is 2. The summed E-state index contributed by atoms with van der Waals surface area (Å²) in [5.41, 5.74) is 2.58. The summed E-state index contributed by atoms with van der Waals surface area (Å²) in [6.07, 6.45) is 3.75. The first kappa shape index (κ1) is 20.0. The van der Waals surface area contributed by atoms with Gasteiger partial charge >= 0.3 is 0 Å². The molecule has 3 aromatic rings. The molecule has 1 aliphatic heterocycles. The van der Waals surface area contributed by atoms with Crippen molar-refractivity contribution >= 4 is 23.5 Å². The van der Waals surface area contributed by atoms with Crippen molar-refractivity contribution in [2.45, 2.75) is 19.5 Å². The van der Waals surface area contributed by atoms with Gasteiger partial charge < -0.3 is 27.1 Å². The minimum Gasteiger partial charge on any atom is -0.758 e. The summed E-state index contributed by atoms with van der Waals surface area (Å²) < 4.78 is 13.0. The number of hydrogen-bond acceptors (Lipinski definition) is 5. The average Bonchev–Trinajstić information content (AvgIpc) is 2.78. The van der Waals surface area contributed by atoms with Crippen molar-refractivity contribution in [1.29, 1.82) is 0 Å². The fourth-order valence-corrected chi connectivity index (χ4v) is 3.64. The van der Waals surface area contributed by atoms with Crippen LogP contribution < -0.4 is 14.0 Å². The van der Waals surface area contributed by atoms with Gasteiger partial charge in [0.15, 0.2) is 23.9 Å². The zero-order valence-electron chi connectivity index (χ0n) is 16.7. The van der Waals surface area contributed by atoms with Gasteiger partial charge in [0.25, 0.3) is 0 Å². The van der Waals surface area contributed by atoms with Crippen molar-refractivity contribution in [3.05, 3.63) is 89.7 Å². The predicted octanol–water partition coefficient (Wildman–Crippen LogP) is 3.62. The zero-order chi connectivity index (χ0) is 20.9. The van der Waals surface area contributed by atoms with Crippen LogP contribution in [-0.4, -0.2) is 24.0 Å². The number of rotatable bonds is 6. The fourth-order valence-electron chi connectivity index (χ4n) is 3.34. The number of benzene rings is 2. The Kier molecular flexibility index (Phi) is 6.05. The number of aliphatic imine (C=N–C) groups is 1. The molecule has 0 aliphatic carbocycles. The maximum Gasteiger partial charge on any atom is 0.237 e. The number of Topliss-reactive ketones (excluding diaryl/α,β-unsaturated/α-hetero) is 1. The SMILES string of the molecule is Cc1ccc[n+]([C@@H](C(=O)c2ccc3c(c2)OCCO3)C([S-])=NCc2ccccc2)c1. The molecule has 30 heavy (non-hydrogen) atoms. The van der Waals surface area contributed by atoms with Gasteiger partial charge in [0.05, 0.1) is 6.54 Å². The predicted molar refractivity (Wildman–Crippen MR) is 117 cm³/mol. The van der Waals surface area contributed by atoms with E-state index in [9.17, 15) is 4.79 Å². The maximum atomic E-state index is 13.5. The molecule has 0 amide bonds. The lowest BCUT2D eigenvalue weighted by atomic mass is 10.0. The van der Waals surface area contributed by atoms with Crippen LogP contribution in [0.25, 0.3) is 0 Å². The van der Waals surface area contributed by atoms with Gasteiger partial charge in [-0.05, 0) is 41.8 Å². The van der Waals surface area contributed by atoms with Crippen LogP contribution in [0, 0.1) is 6.92 Å². The van der Waals surface area contributed by atoms with E-state index in [0.29, 0.717) is 41.9 Å². The Morgan fingerprint density at radius 3 is 2.60 bits per heavy atom. The molecular formula is C24H22N2O3S. The molecule has 152 valence electrons. The third-order valence-electron chi connectivity index (χ3n) is 4.84. The first-order valence-electron chi connectivity index (χ1n) is 9.78. The van der Waals surface area contributed by atoms with E-state index in [0.717, 1.165) is 11.1 Å². The van der Waals surface area contributed by atoms with Crippen LogP contribution in [0.5, 0.6) is 11.5 Å². The molecule has 5 nitrogen and oxygen atoms in total. The fraction of sp³-hybridized carbons (Fsp3) is 0.208. The molecule has 0 radical (unpaired) electrons. The molecule has 4 rings (SSSR count). The van der Waals surface area contributed by atoms with E-state index < -0.39 is 6.04 Å². The van der Waals surface area contributed by atoms with Crippen LogP contribution in [0.1, 0.15) is 27.5 Å². The van der Waals surface area contributed by atoms with Gasteiger partial charge in [-0.15, -0.1) is 0 Å². The Morgan fingerprint density at radius 1 is 1.07 bits per heavy atom. The van der Waals surface area contributed by atoms with Gasteiger partial charge in [0.2, 0.25) is 11.8 Å². The van der Waals surface area contributed by atoms with Crippen molar-refractivity contribution in [3.63, 3.8) is 0 Å². The topological polar surface area (TPSA) is 51.8 Å². The highest BCUT2D eigenvalue weighted by molar-refractivity contribution is 7.77. The van der Waals surface area contributed by atoms with Crippen LogP contribution in [0.3, 0.4) is 0 Å². The Hall–Kier alpha value is -3.25. The summed E-state index contributed by atoms with van der Waals surface area (Å²) in [7, 11) is 0. The number of carbonyl (C=O) groups excluding carboxylic acids is 1. The minimum absolute atomic E-state index is 0.135. The van der Waals surface area contributed by atoms with E-state index in [1.165, 1.54) is 0 Å². The highest BCUT2D eigenvalue weighted by atomic mass is 32.1. The first-order valence-corrected chi connectivity index (χ1v) is 10.2. The second-order valence-corrected chi connectivity index (χ2v) is 7.51. The van der Waals surface area contributed by atoms with E-state index in [1.54, 1.807) is 18.2 Å². The molecule has 6 heteroatoms. The smallest absolute Gasteiger partial charge is 0.237 e. The molecule has 1 atom stereocenters. The van der Waals surface area contributed by atoms with Crippen LogP contribution in [0.4, 0.5) is 0 Å². The molecular weight excluding hydrogens is 396 g/mol. The second kappa shape index (κ2) is 9.05. The molecule has 0 unspecified atom stereocenters. The molecule has 0 saturated heterocycles. The number of ketones is 1. The summed E-state index contributed by atoms with van der Waals surface area (Å²) in [5, 5.41) is 0.342. The number of carbonyl (C=O) groups is 1. The summed E-state index contributed by atoms with van der Waals surface area (Å²) >= 11 is 5.63. The van der Waals surface area contributed by atoms with Crippen molar-refractivity contribution in [2.24, 2.45) is 4.99 Å². The zero-order valence-corrected chi connectivity index (χ0v) is 17.5. The Labute approximate surface area is 181 Å². The number of pyridine rings is 1. The van der Waals surface area contributed by atoms with Crippen molar-refractivity contribution < 1.29 is 18.8 Å². The van der Waals surface area contributed by atoms with Gasteiger partial charge in [0.1, 0.15) is 13.2 Å². The van der Waals surface area contributed by atoms with Crippen LogP contribution in [0.15, 0.2) is 78.0 Å². The van der Waals surface area contributed by atoms with Crippen LogP contribution in [-0.2, 0) is 19.2 Å².